The van der Waals surface area contributed by atoms with Gasteiger partial charge in [-0.1, -0.05) is 6.42 Å². The standard InChI is InChI=1S/C13H22N2O3/c14-10-4-1-3-9(7-10)13(18)15-6-2-5-11(15)8-12(16)17/h9-11H,1-8,14H2,(H,16,17). The van der Waals surface area contributed by atoms with Crippen LogP contribution in [0.15, 0.2) is 0 Å². The van der Waals surface area contributed by atoms with E-state index < -0.39 is 5.97 Å². The molecule has 3 atom stereocenters. The van der Waals surface area contributed by atoms with Crippen LogP contribution < -0.4 is 5.73 Å². The zero-order chi connectivity index (χ0) is 13.1. The number of likely N-dealkylation sites (tertiary alicyclic amines) is 1. The smallest absolute Gasteiger partial charge is 0.305 e. The summed E-state index contributed by atoms with van der Waals surface area (Å²) in [5, 5.41) is 8.87. The highest BCUT2D eigenvalue weighted by Crippen LogP contribution is 2.29. The monoisotopic (exact) mass is 254 g/mol. The van der Waals surface area contributed by atoms with Crippen LogP contribution >= 0.6 is 0 Å². The Balaban J connectivity index is 1.96. The van der Waals surface area contributed by atoms with Crippen molar-refractivity contribution < 1.29 is 14.7 Å². The largest absolute Gasteiger partial charge is 0.481 e. The second-order valence-corrected chi connectivity index (χ2v) is 5.55. The summed E-state index contributed by atoms with van der Waals surface area (Å²) in [7, 11) is 0. The molecule has 0 aromatic heterocycles. The van der Waals surface area contributed by atoms with E-state index in [4.69, 9.17) is 10.8 Å². The Bertz CT molecular complexity index is 332. The first-order valence-electron chi connectivity index (χ1n) is 6.85. The zero-order valence-corrected chi connectivity index (χ0v) is 10.7. The highest BCUT2D eigenvalue weighted by Gasteiger charge is 2.35. The third kappa shape index (κ3) is 3.02. The van der Waals surface area contributed by atoms with Crippen molar-refractivity contribution in [2.75, 3.05) is 6.54 Å². The van der Waals surface area contributed by atoms with Gasteiger partial charge in [0.2, 0.25) is 5.91 Å². The number of aliphatic carboxylic acids is 1. The number of carbonyl (C=O) groups excluding carboxylic acids is 1. The van der Waals surface area contributed by atoms with Crippen molar-refractivity contribution in [3.8, 4) is 0 Å². The summed E-state index contributed by atoms with van der Waals surface area (Å²) >= 11 is 0. The van der Waals surface area contributed by atoms with E-state index in [-0.39, 0.29) is 30.3 Å². The van der Waals surface area contributed by atoms with Crippen molar-refractivity contribution in [2.45, 2.75) is 57.0 Å². The van der Waals surface area contributed by atoms with Gasteiger partial charge in [0.15, 0.2) is 0 Å². The average molecular weight is 254 g/mol. The molecule has 2 rings (SSSR count). The van der Waals surface area contributed by atoms with E-state index >= 15 is 0 Å². The maximum atomic E-state index is 12.4. The summed E-state index contributed by atoms with van der Waals surface area (Å²) in [6.45, 7) is 0.711. The Labute approximate surface area is 107 Å². The second-order valence-electron chi connectivity index (χ2n) is 5.55. The molecule has 2 aliphatic rings. The molecule has 0 bridgehead atoms. The normalized spacial score (nSPS) is 32.5. The van der Waals surface area contributed by atoms with E-state index in [2.05, 4.69) is 0 Å². The zero-order valence-electron chi connectivity index (χ0n) is 10.7. The molecule has 2 fully saturated rings. The third-order valence-electron chi connectivity index (χ3n) is 4.13. The quantitative estimate of drug-likeness (QED) is 0.786. The van der Waals surface area contributed by atoms with E-state index in [0.717, 1.165) is 38.5 Å². The lowest BCUT2D eigenvalue weighted by atomic mass is 9.85. The number of carboxylic acid groups (broad SMARTS) is 1. The minimum absolute atomic E-state index is 0.0168. The molecule has 1 aliphatic heterocycles. The molecule has 1 amide bonds. The van der Waals surface area contributed by atoms with Gasteiger partial charge < -0.3 is 15.7 Å². The van der Waals surface area contributed by atoms with Crippen LogP contribution in [0.2, 0.25) is 0 Å². The van der Waals surface area contributed by atoms with Crippen LogP contribution in [0.3, 0.4) is 0 Å². The third-order valence-corrected chi connectivity index (χ3v) is 4.13. The number of carboxylic acids is 1. The fourth-order valence-corrected chi connectivity index (χ4v) is 3.23. The van der Waals surface area contributed by atoms with Crippen LogP contribution in [-0.4, -0.2) is 40.5 Å². The molecule has 1 saturated carbocycles. The molecular formula is C13H22N2O3. The van der Waals surface area contributed by atoms with Crippen molar-refractivity contribution in [1.29, 1.82) is 0 Å². The van der Waals surface area contributed by atoms with Crippen LogP contribution in [0, 0.1) is 5.92 Å². The summed E-state index contributed by atoms with van der Waals surface area (Å²) in [4.78, 5) is 25.0. The fraction of sp³-hybridized carbons (Fsp3) is 0.846. The minimum atomic E-state index is -0.819. The molecule has 0 aromatic rings. The summed E-state index contributed by atoms with van der Waals surface area (Å²) < 4.78 is 0. The van der Waals surface area contributed by atoms with Gasteiger partial charge in [0.05, 0.1) is 6.42 Å². The summed E-state index contributed by atoms with van der Waals surface area (Å²) in [6, 6.07) is 0.0291. The van der Waals surface area contributed by atoms with Crippen molar-refractivity contribution in [2.24, 2.45) is 11.7 Å². The SMILES string of the molecule is NC1CCCC(C(=O)N2CCCC2CC(=O)O)C1. The van der Waals surface area contributed by atoms with Crippen LogP contribution in [0.1, 0.15) is 44.9 Å². The van der Waals surface area contributed by atoms with Gasteiger partial charge in [-0.3, -0.25) is 9.59 Å². The Morgan fingerprint density at radius 2 is 2.00 bits per heavy atom. The van der Waals surface area contributed by atoms with E-state index in [1.54, 1.807) is 4.90 Å². The van der Waals surface area contributed by atoms with Crippen molar-refractivity contribution in [1.82, 2.24) is 4.90 Å². The molecule has 1 heterocycles. The van der Waals surface area contributed by atoms with Crippen LogP contribution in [0.5, 0.6) is 0 Å². The van der Waals surface area contributed by atoms with Crippen molar-refractivity contribution in [3.05, 3.63) is 0 Å². The predicted octanol–water partition coefficient (Wildman–Crippen LogP) is 0.970. The molecule has 102 valence electrons. The molecule has 5 heteroatoms. The van der Waals surface area contributed by atoms with Crippen LogP contribution in [-0.2, 0) is 9.59 Å². The molecule has 1 aliphatic carbocycles. The topological polar surface area (TPSA) is 83.6 Å². The summed E-state index contributed by atoms with van der Waals surface area (Å²) in [5.41, 5.74) is 5.91. The van der Waals surface area contributed by atoms with E-state index in [0.29, 0.717) is 6.54 Å². The number of hydrogen-bond donors (Lipinski definition) is 2. The van der Waals surface area contributed by atoms with Gasteiger partial charge in [-0.05, 0) is 32.1 Å². The van der Waals surface area contributed by atoms with E-state index in [1.807, 2.05) is 0 Å². The first-order valence-corrected chi connectivity index (χ1v) is 6.85. The van der Waals surface area contributed by atoms with Gasteiger partial charge in [-0.2, -0.15) is 0 Å². The van der Waals surface area contributed by atoms with Crippen molar-refractivity contribution in [3.63, 3.8) is 0 Å². The molecule has 3 N–H and O–H groups in total. The number of amides is 1. The fourth-order valence-electron chi connectivity index (χ4n) is 3.23. The lowest BCUT2D eigenvalue weighted by Crippen LogP contribution is -2.43. The number of carbonyl (C=O) groups is 2. The van der Waals surface area contributed by atoms with E-state index in [1.165, 1.54) is 0 Å². The molecule has 0 spiro atoms. The van der Waals surface area contributed by atoms with Crippen LogP contribution in [0.4, 0.5) is 0 Å². The molecule has 18 heavy (non-hydrogen) atoms. The van der Waals surface area contributed by atoms with Gasteiger partial charge in [-0.15, -0.1) is 0 Å². The minimum Gasteiger partial charge on any atom is -0.481 e. The molecular weight excluding hydrogens is 232 g/mol. The number of nitrogens with zero attached hydrogens (tertiary/aromatic N) is 1. The van der Waals surface area contributed by atoms with Crippen molar-refractivity contribution >= 4 is 11.9 Å². The lowest BCUT2D eigenvalue weighted by Gasteiger charge is -2.32. The Hall–Kier alpha value is -1.10. The molecule has 3 unspecified atom stereocenters. The van der Waals surface area contributed by atoms with Gasteiger partial charge in [0, 0.05) is 24.5 Å². The van der Waals surface area contributed by atoms with Crippen LogP contribution in [0.25, 0.3) is 0 Å². The Morgan fingerprint density at radius 1 is 1.22 bits per heavy atom. The summed E-state index contributed by atoms with van der Waals surface area (Å²) in [6.07, 6.45) is 5.49. The molecule has 1 saturated heterocycles. The molecule has 0 radical (unpaired) electrons. The average Bonchev–Trinajstić information content (AvgIpc) is 2.75. The van der Waals surface area contributed by atoms with Gasteiger partial charge >= 0.3 is 5.97 Å². The second kappa shape index (κ2) is 5.69. The summed E-state index contributed by atoms with van der Waals surface area (Å²) in [5.74, 6) is -0.669. The number of rotatable bonds is 3. The maximum Gasteiger partial charge on any atom is 0.305 e. The van der Waals surface area contributed by atoms with Gasteiger partial charge in [0.1, 0.15) is 0 Å². The van der Waals surface area contributed by atoms with Gasteiger partial charge in [-0.25, -0.2) is 0 Å². The predicted molar refractivity (Wildman–Crippen MR) is 66.9 cm³/mol. The Morgan fingerprint density at radius 3 is 2.67 bits per heavy atom. The number of nitrogens with two attached hydrogens (primary N) is 1. The van der Waals surface area contributed by atoms with Gasteiger partial charge in [0.25, 0.3) is 0 Å². The number of hydrogen-bond acceptors (Lipinski definition) is 3. The highest BCUT2D eigenvalue weighted by atomic mass is 16.4. The molecule has 0 aromatic carbocycles. The highest BCUT2D eigenvalue weighted by molar-refractivity contribution is 5.80. The maximum absolute atomic E-state index is 12.4. The first kappa shape index (κ1) is 13.3. The van der Waals surface area contributed by atoms with E-state index in [9.17, 15) is 9.59 Å². The Kier molecular flexibility index (Phi) is 4.22. The lowest BCUT2D eigenvalue weighted by molar-refractivity contribution is -0.141. The molecule has 5 nitrogen and oxygen atoms in total. The first-order chi connectivity index (χ1) is 8.58.